The molecule has 0 heterocycles. The highest BCUT2D eigenvalue weighted by molar-refractivity contribution is 5.69. The van der Waals surface area contributed by atoms with Crippen molar-refractivity contribution in [1.82, 2.24) is 0 Å². The Balaban J connectivity index is 3.31. The maximum Gasteiger partial charge on any atom is 0.306 e. The second kappa shape index (κ2) is 32.2. The molecule has 0 amide bonds. The molecule has 1 N–H and O–H groups in total. The minimum atomic E-state index is -0.681. The Morgan fingerprint density at radius 1 is 0.550 bits per heavy atom. The molecule has 0 aromatic carbocycles. The lowest BCUT2D eigenvalue weighted by molar-refractivity contribution is -0.148. The van der Waals surface area contributed by atoms with Gasteiger partial charge in [-0.2, -0.15) is 0 Å². The van der Waals surface area contributed by atoms with Gasteiger partial charge in [0, 0.05) is 12.8 Å². The predicted molar refractivity (Wildman–Crippen MR) is 172 cm³/mol. The molecule has 0 spiro atoms. The number of hydrogen-bond acceptors (Lipinski definition) is 3. The summed E-state index contributed by atoms with van der Waals surface area (Å²) in [5, 5.41) is 8.63. The number of carbonyl (C=O) groups excluding carboxylic acids is 1. The van der Waals surface area contributed by atoms with Gasteiger partial charge in [0.05, 0.1) is 6.10 Å². The minimum absolute atomic E-state index is 0.0172. The summed E-state index contributed by atoms with van der Waals surface area (Å²) >= 11 is 0. The van der Waals surface area contributed by atoms with Crippen LogP contribution in [0.4, 0.5) is 0 Å². The molecule has 236 valence electrons. The second-order valence-corrected chi connectivity index (χ2v) is 12.2. The fourth-order valence-electron chi connectivity index (χ4n) is 5.33. The van der Waals surface area contributed by atoms with Crippen molar-refractivity contribution in [3.63, 3.8) is 0 Å². The van der Waals surface area contributed by atoms with E-state index in [2.05, 4.69) is 19.1 Å². The highest BCUT2D eigenvalue weighted by Gasteiger charge is 2.09. The SMILES string of the molecule is CCCCCCCC/C=C\CCCCCCCCCCCC(=O)OC(C)CCCCCCCCCCCC(=O)O. The molecule has 0 aliphatic heterocycles. The summed E-state index contributed by atoms with van der Waals surface area (Å²) in [7, 11) is 0. The number of carboxylic acid groups (broad SMARTS) is 1. The monoisotopic (exact) mass is 565 g/mol. The number of ether oxygens (including phenoxy) is 1. The molecule has 0 bridgehead atoms. The normalized spacial score (nSPS) is 12.2. The molecule has 0 fully saturated rings. The van der Waals surface area contributed by atoms with Gasteiger partial charge in [0.25, 0.3) is 0 Å². The Kier molecular flexibility index (Phi) is 31.1. The molecular weight excluding hydrogens is 496 g/mol. The molecule has 0 radical (unpaired) electrons. The molecule has 0 aromatic rings. The topological polar surface area (TPSA) is 63.6 Å². The average Bonchev–Trinajstić information content (AvgIpc) is 2.92. The van der Waals surface area contributed by atoms with Crippen molar-refractivity contribution < 1.29 is 19.4 Å². The summed E-state index contributed by atoms with van der Waals surface area (Å²) < 4.78 is 5.60. The first-order valence-corrected chi connectivity index (χ1v) is 17.6. The van der Waals surface area contributed by atoms with Crippen molar-refractivity contribution in [1.29, 1.82) is 0 Å². The fourth-order valence-corrected chi connectivity index (χ4v) is 5.33. The van der Waals surface area contributed by atoms with E-state index in [9.17, 15) is 9.59 Å². The summed E-state index contributed by atoms with van der Waals surface area (Å²) in [4.78, 5) is 22.6. The first kappa shape index (κ1) is 38.7. The van der Waals surface area contributed by atoms with Crippen molar-refractivity contribution in [2.45, 2.75) is 206 Å². The van der Waals surface area contributed by atoms with Crippen LogP contribution in [0.5, 0.6) is 0 Å². The highest BCUT2D eigenvalue weighted by Crippen LogP contribution is 2.15. The van der Waals surface area contributed by atoms with E-state index in [1.165, 1.54) is 128 Å². The Hall–Kier alpha value is -1.32. The molecule has 4 nitrogen and oxygen atoms in total. The van der Waals surface area contributed by atoms with Gasteiger partial charge in [-0.25, -0.2) is 0 Å². The summed E-state index contributed by atoms with van der Waals surface area (Å²) in [6.07, 6.45) is 39.2. The average molecular weight is 565 g/mol. The van der Waals surface area contributed by atoms with E-state index in [1.54, 1.807) is 0 Å². The number of aliphatic carboxylic acids is 1. The van der Waals surface area contributed by atoms with Crippen LogP contribution in [-0.4, -0.2) is 23.1 Å². The Morgan fingerprint density at radius 2 is 0.925 bits per heavy atom. The number of unbranched alkanes of at least 4 members (excludes halogenated alkanes) is 23. The van der Waals surface area contributed by atoms with Gasteiger partial charge in [-0.3, -0.25) is 9.59 Å². The van der Waals surface area contributed by atoms with Gasteiger partial charge in [-0.05, 0) is 58.3 Å². The van der Waals surface area contributed by atoms with Gasteiger partial charge in [0.1, 0.15) is 0 Å². The number of allylic oxidation sites excluding steroid dienone is 2. The molecule has 1 atom stereocenters. The predicted octanol–water partition coefficient (Wildman–Crippen LogP) is 11.9. The number of esters is 1. The molecular formula is C36H68O4. The third kappa shape index (κ3) is 32.9. The van der Waals surface area contributed by atoms with E-state index in [0.29, 0.717) is 12.8 Å². The second-order valence-electron chi connectivity index (χ2n) is 12.2. The first-order valence-electron chi connectivity index (χ1n) is 17.6. The van der Waals surface area contributed by atoms with Crippen molar-refractivity contribution in [3.05, 3.63) is 12.2 Å². The number of carbonyl (C=O) groups is 2. The summed E-state index contributed by atoms with van der Waals surface area (Å²) in [5.74, 6) is -0.698. The standard InChI is InChI=1S/C36H68O4/c1-3-4-5-6-7-8-9-10-11-12-13-14-15-16-17-21-24-27-30-33-36(39)40-34(2)31-28-25-22-19-18-20-23-26-29-32-35(37)38/h10-11,34H,3-9,12-33H2,1-2H3,(H,37,38)/b11-10-. The zero-order valence-electron chi connectivity index (χ0n) is 26.9. The van der Waals surface area contributed by atoms with E-state index >= 15 is 0 Å². The quantitative estimate of drug-likeness (QED) is 0.0501. The Bertz CT molecular complexity index is 571. The first-order chi connectivity index (χ1) is 19.6. The van der Waals surface area contributed by atoms with Crippen LogP contribution in [0, 0.1) is 0 Å². The number of hydrogen-bond donors (Lipinski definition) is 1. The lowest BCUT2D eigenvalue weighted by Gasteiger charge is -2.13. The van der Waals surface area contributed by atoms with Crippen LogP contribution in [0.3, 0.4) is 0 Å². The largest absolute Gasteiger partial charge is 0.481 e. The molecule has 0 saturated carbocycles. The van der Waals surface area contributed by atoms with Gasteiger partial charge in [0.15, 0.2) is 0 Å². The zero-order chi connectivity index (χ0) is 29.4. The molecule has 0 aliphatic rings. The molecule has 1 unspecified atom stereocenters. The van der Waals surface area contributed by atoms with Crippen LogP contribution in [0.1, 0.15) is 200 Å². The lowest BCUT2D eigenvalue weighted by Crippen LogP contribution is -2.14. The van der Waals surface area contributed by atoms with Crippen LogP contribution in [0.15, 0.2) is 12.2 Å². The zero-order valence-corrected chi connectivity index (χ0v) is 26.9. The molecule has 0 saturated heterocycles. The van der Waals surface area contributed by atoms with Crippen LogP contribution >= 0.6 is 0 Å². The maximum atomic E-state index is 12.1. The van der Waals surface area contributed by atoms with Gasteiger partial charge in [-0.15, -0.1) is 0 Å². The van der Waals surface area contributed by atoms with Crippen LogP contribution in [0.25, 0.3) is 0 Å². The Morgan fingerprint density at radius 3 is 1.38 bits per heavy atom. The van der Waals surface area contributed by atoms with Crippen molar-refractivity contribution >= 4 is 11.9 Å². The summed E-state index contributed by atoms with van der Waals surface area (Å²) in [5.41, 5.74) is 0. The third-order valence-corrected chi connectivity index (χ3v) is 7.98. The van der Waals surface area contributed by atoms with Gasteiger partial charge >= 0.3 is 11.9 Å². The van der Waals surface area contributed by atoms with E-state index in [4.69, 9.17) is 9.84 Å². The van der Waals surface area contributed by atoms with Crippen molar-refractivity contribution in [2.75, 3.05) is 0 Å². The lowest BCUT2D eigenvalue weighted by atomic mass is 10.0. The fraction of sp³-hybridized carbons (Fsp3) is 0.889. The van der Waals surface area contributed by atoms with Gasteiger partial charge < -0.3 is 9.84 Å². The van der Waals surface area contributed by atoms with Crippen LogP contribution in [-0.2, 0) is 14.3 Å². The van der Waals surface area contributed by atoms with Crippen LogP contribution < -0.4 is 0 Å². The number of rotatable bonds is 32. The molecule has 4 heteroatoms. The van der Waals surface area contributed by atoms with Crippen molar-refractivity contribution in [3.8, 4) is 0 Å². The Labute approximate surface area is 249 Å². The van der Waals surface area contributed by atoms with E-state index in [-0.39, 0.29) is 12.1 Å². The smallest absolute Gasteiger partial charge is 0.306 e. The van der Waals surface area contributed by atoms with E-state index in [0.717, 1.165) is 44.9 Å². The molecule has 0 aromatic heterocycles. The summed E-state index contributed by atoms with van der Waals surface area (Å²) in [6, 6.07) is 0. The van der Waals surface area contributed by atoms with Crippen LogP contribution in [0.2, 0.25) is 0 Å². The van der Waals surface area contributed by atoms with Crippen molar-refractivity contribution in [2.24, 2.45) is 0 Å². The minimum Gasteiger partial charge on any atom is -0.481 e. The maximum absolute atomic E-state index is 12.1. The van der Waals surface area contributed by atoms with Gasteiger partial charge in [0.2, 0.25) is 0 Å². The number of carboxylic acids is 1. The molecule has 0 rings (SSSR count). The highest BCUT2D eigenvalue weighted by atomic mass is 16.5. The van der Waals surface area contributed by atoms with E-state index in [1.807, 2.05) is 6.92 Å². The summed E-state index contributed by atoms with van der Waals surface area (Å²) in [6.45, 7) is 4.31. The molecule has 0 aliphatic carbocycles. The van der Waals surface area contributed by atoms with Gasteiger partial charge in [-0.1, -0.05) is 141 Å². The van der Waals surface area contributed by atoms with E-state index < -0.39 is 5.97 Å². The third-order valence-electron chi connectivity index (χ3n) is 7.98. The molecule has 40 heavy (non-hydrogen) atoms.